The summed E-state index contributed by atoms with van der Waals surface area (Å²) < 4.78 is 20.8. The normalized spacial score (nSPS) is 17.5. The van der Waals surface area contributed by atoms with E-state index in [1.165, 1.54) is 32.3 Å². The summed E-state index contributed by atoms with van der Waals surface area (Å²) in [6.45, 7) is 0.449. The minimum Gasteiger partial charge on any atom is -0.496 e. The van der Waals surface area contributed by atoms with Crippen LogP contribution in [0.4, 0.5) is 0 Å². The molecule has 1 unspecified atom stereocenters. The molecule has 1 aromatic rings. The maximum Gasteiger partial charge on any atom is 0.334 e. The first-order valence-corrected chi connectivity index (χ1v) is 6.95. The molecule has 1 aliphatic rings. The second-order valence-corrected chi connectivity index (χ2v) is 4.86. The Morgan fingerprint density at radius 2 is 1.74 bits per heavy atom. The summed E-state index contributed by atoms with van der Waals surface area (Å²) in [6, 6.07) is 3.08. The van der Waals surface area contributed by atoms with E-state index in [1.807, 2.05) is 0 Å². The zero-order chi connectivity index (χ0) is 17.0. The van der Waals surface area contributed by atoms with Crippen molar-refractivity contribution in [2.24, 2.45) is 0 Å². The van der Waals surface area contributed by atoms with Gasteiger partial charge in [0, 0.05) is 18.7 Å². The van der Waals surface area contributed by atoms with Crippen molar-refractivity contribution in [2.45, 2.75) is 6.10 Å². The predicted octanol–water partition coefficient (Wildman–Crippen LogP) is 0.638. The van der Waals surface area contributed by atoms with Gasteiger partial charge in [0.05, 0.1) is 40.0 Å². The summed E-state index contributed by atoms with van der Waals surface area (Å²) in [6.07, 6.45) is -1.03. The van der Waals surface area contributed by atoms with Crippen molar-refractivity contribution >= 4 is 11.9 Å². The van der Waals surface area contributed by atoms with Gasteiger partial charge in [-0.05, 0) is 0 Å². The van der Waals surface area contributed by atoms with Gasteiger partial charge in [-0.25, -0.2) is 4.79 Å². The van der Waals surface area contributed by atoms with Crippen molar-refractivity contribution < 1.29 is 33.6 Å². The van der Waals surface area contributed by atoms with E-state index in [2.05, 4.69) is 0 Å². The van der Waals surface area contributed by atoms with Gasteiger partial charge in [0.2, 0.25) is 0 Å². The summed E-state index contributed by atoms with van der Waals surface area (Å²) >= 11 is 0. The second-order valence-electron chi connectivity index (χ2n) is 4.86. The highest BCUT2D eigenvalue weighted by Crippen LogP contribution is 2.35. The number of carbonyl (C=O) groups is 2. The van der Waals surface area contributed by atoms with Gasteiger partial charge >= 0.3 is 5.97 Å². The van der Waals surface area contributed by atoms with E-state index >= 15 is 0 Å². The molecule has 126 valence electrons. The molecule has 8 heteroatoms. The summed E-state index contributed by atoms with van der Waals surface area (Å²) in [5.74, 6) is -0.295. The Kier molecular flexibility index (Phi) is 5.28. The van der Waals surface area contributed by atoms with Crippen molar-refractivity contribution in [2.75, 3.05) is 41.0 Å². The van der Waals surface area contributed by atoms with Crippen LogP contribution in [0.1, 0.15) is 10.4 Å². The van der Waals surface area contributed by atoms with Crippen LogP contribution < -0.4 is 14.2 Å². The molecule has 0 bridgehead atoms. The van der Waals surface area contributed by atoms with E-state index in [-0.39, 0.29) is 24.6 Å². The van der Waals surface area contributed by atoms with Gasteiger partial charge in [-0.1, -0.05) is 0 Å². The smallest absolute Gasteiger partial charge is 0.334 e. The molecule has 1 heterocycles. The topological polar surface area (TPSA) is 94.5 Å². The van der Waals surface area contributed by atoms with Gasteiger partial charge in [0.25, 0.3) is 5.91 Å². The molecule has 1 aliphatic heterocycles. The number of morpholine rings is 1. The number of benzene rings is 1. The molecular weight excluding hydrogens is 306 g/mol. The quantitative estimate of drug-likeness (QED) is 0.849. The summed E-state index contributed by atoms with van der Waals surface area (Å²) in [4.78, 5) is 25.2. The summed E-state index contributed by atoms with van der Waals surface area (Å²) in [5, 5.41) is 9.04. The first kappa shape index (κ1) is 16.9. The molecule has 0 aromatic heterocycles. The highest BCUT2D eigenvalue weighted by atomic mass is 16.5. The van der Waals surface area contributed by atoms with Crippen LogP contribution in [0.15, 0.2) is 12.1 Å². The van der Waals surface area contributed by atoms with Crippen molar-refractivity contribution in [3.05, 3.63) is 17.7 Å². The average Bonchev–Trinajstić information content (AvgIpc) is 2.59. The molecule has 1 fully saturated rings. The van der Waals surface area contributed by atoms with E-state index in [4.69, 9.17) is 24.1 Å². The van der Waals surface area contributed by atoms with E-state index in [0.717, 1.165) is 0 Å². The third kappa shape index (κ3) is 3.48. The molecule has 1 atom stereocenters. The number of methoxy groups -OCH3 is 3. The highest BCUT2D eigenvalue weighted by Gasteiger charge is 2.31. The standard InChI is InChI=1S/C15H19NO7/c1-20-10-7-12(22-3)11(21-2)6-9(10)14(17)16-4-5-23-13(8-16)15(18)19/h6-7,13H,4-5,8H2,1-3H3,(H,18,19). The Balaban J connectivity index is 2.32. The monoisotopic (exact) mass is 325 g/mol. The van der Waals surface area contributed by atoms with Gasteiger partial charge in [-0.3, -0.25) is 4.79 Å². The number of hydrogen-bond acceptors (Lipinski definition) is 6. The second kappa shape index (κ2) is 7.19. The van der Waals surface area contributed by atoms with Crippen molar-refractivity contribution in [3.8, 4) is 17.2 Å². The lowest BCUT2D eigenvalue weighted by atomic mass is 10.1. The third-order valence-electron chi connectivity index (χ3n) is 3.57. The molecule has 1 N–H and O–H groups in total. The van der Waals surface area contributed by atoms with Crippen molar-refractivity contribution in [1.29, 1.82) is 0 Å². The van der Waals surface area contributed by atoms with Crippen LogP contribution in [0, 0.1) is 0 Å². The molecule has 0 saturated carbocycles. The van der Waals surface area contributed by atoms with Gasteiger partial charge in [0.15, 0.2) is 17.6 Å². The van der Waals surface area contributed by atoms with Gasteiger partial charge in [0.1, 0.15) is 5.75 Å². The lowest BCUT2D eigenvalue weighted by molar-refractivity contribution is -0.154. The molecule has 1 saturated heterocycles. The lowest BCUT2D eigenvalue weighted by Gasteiger charge is -2.31. The van der Waals surface area contributed by atoms with Crippen molar-refractivity contribution in [1.82, 2.24) is 4.90 Å². The molecule has 0 spiro atoms. The van der Waals surface area contributed by atoms with E-state index < -0.39 is 12.1 Å². The van der Waals surface area contributed by atoms with E-state index in [1.54, 1.807) is 6.07 Å². The zero-order valence-electron chi connectivity index (χ0n) is 13.2. The average molecular weight is 325 g/mol. The fourth-order valence-corrected chi connectivity index (χ4v) is 2.35. The Morgan fingerprint density at radius 3 is 2.30 bits per heavy atom. The lowest BCUT2D eigenvalue weighted by Crippen LogP contribution is -2.48. The van der Waals surface area contributed by atoms with Crippen LogP contribution in [-0.2, 0) is 9.53 Å². The van der Waals surface area contributed by atoms with Crippen LogP contribution in [0.25, 0.3) is 0 Å². The number of carbonyl (C=O) groups excluding carboxylic acids is 1. The zero-order valence-corrected chi connectivity index (χ0v) is 13.2. The third-order valence-corrected chi connectivity index (χ3v) is 3.57. The van der Waals surface area contributed by atoms with Crippen LogP contribution in [0.5, 0.6) is 17.2 Å². The number of hydrogen-bond donors (Lipinski definition) is 1. The highest BCUT2D eigenvalue weighted by molar-refractivity contribution is 5.98. The summed E-state index contributed by atoms with van der Waals surface area (Å²) in [7, 11) is 4.39. The Hall–Kier alpha value is -2.48. The fourth-order valence-electron chi connectivity index (χ4n) is 2.35. The van der Waals surface area contributed by atoms with Crippen LogP contribution in [0.3, 0.4) is 0 Å². The molecule has 0 radical (unpaired) electrons. The van der Waals surface area contributed by atoms with Crippen LogP contribution in [0.2, 0.25) is 0 Å². The first-order chi connectivity index (χ1) is 11.0. The van der Waals surface area contributed by atoms with Crippen LogP contribution >= 0.6 is 0 Å². The molecule has 1 aromatic carbocycles. The number of amides is 1. The maximum atomic E-state index is 12.7. The molecule has 23 heavy (non-hydrogen) atoms. The van der Waals surface area contributed by atoms with Crippen LogP contribution in [-0.4, -0.2) is 69.0 Å². The molecule has 2 rings (SSSR count). The number of carboxylic acid groups (broad SMARTS) is 1. The number of aliphatic carboxylic acids is 1. The minimum atomic E-state index is -1.10. The number of carboxylic acids is 1. The predicted molar refractivity (Wildman–Crippen MR) is 79.4 cm³/mol. The number of ether oxygens (including phenoxy) is 4. The molecule has 8 nitrogen and oxygen atoms in total. The maximum absolute atomic E-state index is 12.7. The molecule has 0 aliphatic carbocycles. The Bertz CT molecular complexity index is 602. The SMILES string of the molecule is COc1cc(OC)c(C(=O)N2CCOC(C(=O)O)C2)cc1OC. The largest absolute Gasteiger partial charge is 0.496 e. The fraction of sp³-hybridized carbons (Fsp3) is 0.467. The number of rotatable bonds is 5. The van der Waals surface area contributed by atoms with Crippen molar-refractivity contribution in [3.63, 3.8) is 0 Å². The Labute approximate surface area is 133 Å². The van der Waals surface area contributed by atoms with Gasteiger partial charge in [-0.2, -0.15) is 0 Å². The van der Waals surface area contributed by atoms with E-state index in [0.29, 0.717) is 23.8 Å². The summed E-state index contributed by atoms with van der Waals surface area (Å²) in [5.41, 5.74) is 0.274. The number of nitrogens with zero attached hydrogens (tertiary/aromatic N) is 1. The minimum absolute atomic E-state index is 0.0222. The molecule has 1 amide bonds. The van der Waals surface area contributed by atoms with Gasteiger partial charge in [-0.15, -0.1) is 0 Å². The van der Waals surface area contributed by atoms with Gasteiger partial charge < -0.3 is 29.0 Å². The Morgan fingerprint density at radius 1 is 1.13 bits per heavy atom. The van der Waals surface area contributed by atoms with E-state index in [9.17, 15) is 9.59 Å². The molecular formula is C15H19NO7. The first-order valence-electron chi connectivity index (χ1n) is 6.95.